The zero-order valence-electron chi connectivity index (χ0n) is 27.1. The zero-order chi connectivity index (χ0) is 32.3. The van der Waals surface area contributed by atoms with Crippen molar-refractivity contribution in [3.63, 3.8) is 0 Å². The molecule has 2 saturated heterocycles. The molecule has 1 atom stereocenters. The Labute approximate surface area is 275 Å². The molecule has 0 saturated carbocycles. The Bertz CT molecular complexity index is 1810. The minimum absolute atomic E-state index is 0.262. The number of hydrogen-bond donors (Lipinski definition) is 2. The van der Waals surface area contributed by atoms with Crippen LogP contribution in [0.25, 0.3) is 22.0 Å². The van der Waals surface area contributed by atoms with E-state index in [4.69, 9.17) is 4.74 Å². The summed E-state index contributed by atoms with van der Waals surface area (Å²) in [6.07, 6.45) is 2.40. The molecule has 0 radical (unpaired) electrons. The number of methoxy groups -OCH3 is 1. The summed E-state index contributed by atoms with van der Waals surface area (Å²) in [5.41, 5.74) is 5.98. The van der Waals surface area contributed by atoms with Crippen molar-refractivity contribution in [2.45, 2.75) is 24.9 Å². The number of para-hydroxylation sites is 1. The van der Waals surface area contributed by atoms with Crippen LogP contribution < -0.4 is 15.0 Å². The molecule has 47 heavy (non-hydrogen) atoms. The van der Waals surface area contributed by atoms with Gasteiger partial charge in [0, 0.05) is 73.3 Å². The molecule has 2 fully saturated rings. The molecule has 0 bridgehead atoms. The van der Waals surface area contributed by atoms with Gasteiger partial charge in [0.1, 0.15) is 11.6 Å². The third kappa shape index (κ3) is 6.75. The first-order chi connectivity index (χ1) is 22.9. The SMILES string of the molecule is COc1ccc(F)cc1C(NC(=O)c1cccc(-c2ccc(N3CCC(N4CCN(C)CC4)CC3)cc2)c1)c1cc2ccccc2[nH]1. The average molecular weight is 632 g/mol. The fraction of sp³-hybridized carbons (Fsp3) is 0.308. The fourth-order valence-electron chi connectivity index (χ4n) is 7.10. The molecule has 1 unspecified atom stereocenters. The minimum Gasteiger partial charge on any atom is -0.496 e. The Morgan fingerprint density at radius 2 is 1.62 bits per heavy atom. The molecule has 7 nitrogen and oxygen atoms in total. The van der Waals surface area contributed by atoms with E-state index in [0.29, 0.717) is 22.9 Å². The number of H-pyrrole nitrogens is 1. The molecule has 8 heteroatoms. The van der Waals surface area contributed by atoms with Crippen molar-refractivity contribution < 1.29 is 13.9 Å². The van der Waals surface area contributed by atoms with Gasteiger partial charge in [0.2, 0.25) is 0 Å². The van der Waals surface area contributed by atoms with Crippen LogP contribution in [0.2, 0.25) is 0 Å². The minimum atomic E-state index is -0.663. The third-order valence-electron chi connectivity index (χ3n) is 9.85. The number of hydrogen-bond acceptors (Lipinski definition) is 5. The van der Waals surface area contributed by atoms with E-state index in [2.05, 4.69) is 56.3 Å². The van der Waals surface area contributed by atoms with Crippen LogP contribution in [0.1, 0.15) is 40.5 Å². The molecule has 2 aliphatic heterocycles. The van der Waals surface area contributed by atoms with Crippen LogP contribution in [-0.4, -0.2) is 80.2 Å². The smallest absolute Gasteiger partial charge is 0.252 e. The number of anilines is 1. The Morgan fingerprint density at radius 3 is 2.36 bits per heavy atom. The Kier molecular flexibility index (Phi) is 8.96. The summed E-state index contributed by atoms with van der Waals surface area (Å²) in [5, 5.41) is 4.16. The van der Waals surface area contributed by atoms with E-state index in [1.807, 2.05) is 54.6 Å². The Balaban J connectivity index is 1.07. The molecule has 0 spiro atoms. The first kappa shape index (κ1) is 31.0. The number of amides is 1. The van der Waals surface area contributed by atoms with Gasteiger partial charge in [0.05, 0.1) is 13.2 Å². The molecule has 5 aromatic rings. The molecule has 0 aliphatic carbocycles. The molecule has 2 N–H and O–H groups in total. The summed E-state index contributed by atoms with van der Waals surface area (Å²) in [5.74, 6) is -0.171. The highest BCUT2D eigenvalue weighted by atomic mass is 19.1. The van der Waals surface area contributed by atoms with Crippen molar-refractivity contribution in [2.24, 2.45) is 0 Å². The third-order valence-corrected chi connectivity index (χ3v) is 9.85. The first-order valence-corrected chi connectivity index (χ1v) is 16.5. The number of benzene rings is 4. The topological polar surface area (TPSA) is 63.8 Å². The van der Waals surface area contributed by atoms with E-state index in [0.717, 1.165) is 53.9 Å². The Morgan fingerprint density at radius 1 is 0.851 bits per heavy atom. The lowest BCUT2D eigenvalue weighted by Gasteiger charge is -2.42. The van der Waals surface area contributed by atoms with Gasteiger partial charge >= 0.3 is 0 Å². The van der Waals surface area contributed by atoms with Gasteiger partial charge in [-0.2, -0.15) is 0 Å². The molecule has 1 aromatic heterocycles. The number of nitrogens with zero attached hydrogens (tertiary/aromatic N) is 3. The number of halogens is 1. The number of piperidine rings is 1. The molecular weight excluding hydrogens is 589 g/mol. The maximum absolute atomic E-state index is 14.5. The number of carbonyl (C=O) groups excluding carboxylic acids is 1. The maximum Gasteiger partial charge on any atom is 0.252 e. The molecule has 1 amide bonds. The summed E-state index contributed by atoms with van der Waals surface area (Å²) in [4.78, 5) is 24.8. The van der Waals surface area contributed by atoms with Gasteiger partial charge in [-0.15, -0.1) is 0 Å². The highest BCUT2D eigenvalue weighted by molar-refractivity contribution is 5.96. The van der Waals surface area contributed by atoms with E-state index in [-0.39, 0.29) is 5.91 Å². The van der Waals surface area contributed by atoms with Crippen LogP contribution in [-0.2, 0) is 0 Å². The number of likely N-dealkylation sites (N-methyl/N-ethyl adjacent to an activating group) is 1. The second kappa shape index (κ2) is 13.6. The van der Waals surface area contributed by atoms with E-state index < -0.39 is 11.9 Å². The molecular formula is C39H42FN5O2. The van der Waals surface area contributed by atoms with Crippen molar-refractivity contribution in [1.29, 1.82) is 0 Å². The number of ether oxygens (including phenoxy) is 1. The fourth-order valence-corrected chi connectivity index (χ4v) is 7.10. The summed E-state index contributed by atoms with van der Waals surface area (Å²) >= 11 is 0. The van der Waals surface area contributed by atoms with Gasteiger partial charge in [-0.1, -0.05) is 42.5 Å². The quantitative estimate of drug-likeness (QED) is 0.199. The average Bonchev–Trinajstić information content (AvgIpc) is 3.55. The van der Waals surface area contributed by atoms with Crippen molar-refractivity contribution in [3.8, 4) is 16.9 Å². The second-order valence-corrected chi connectivity index (χ2v) is 12.8. The first-order valence-electron chi connectivity index (χ1n) is 16.5. The number of carbonyl (C=O) groups is 1. The zero-order valence-corrected chi connectivity index (χ0v) is 27.1. The number of aromatic nitrogens is 1. The van der Waals surface area contributed by atoms with Gasteiger partial charge in [-0.25, -0.2) is 4.39 Å². The van der Waals surface area contributed by atoms with Gasteiger partial charge < -0.3 is 24.8 Å². The number of aromatic amines is 1. The van der Waals surface area contributed by atoms with Crippen molar-refractivity contribution >= 4 is 22.5 Å². The van der Waals surface area contributed by atoms with Gasteiger partial charge in [-0.3, -0.25) is 9.69 Å². The Hall–Kier alpha value is -4.66. The van der Waals surface area contributed by atoms with Crippen molar-refractivity contribution in [1.82, 2.24) is 20.1 Å². The summed E-state index contributed by atoms with van der Waals surface area (Å²) in [6, 6.07) is 30.6. The van der Waals surface area contributed by atoms with E-state index in [1.54, 1.807) is 13.2 Å². The van der Waals surface area contributed by atoms with E-state index in [9.17, 15) is 9.18 Å². The monoisotopic (exact) mass is 631 g/mol. The molecule has 242 valence electrons. The number of nitrogens with one attached hydrogen (secondary N) is 2. The molecule has 2 aliphatic rings. The lowest BCUT2D eigenvalue weighted by Crippen LogP contribution is -2.52. The molecule has 7 rings (SSSR count). The van der Waals surface area contributed by atoms with Crippen molar-refractivity contribution in [3.05, 3.63) is 120 Å². The van der Waals surface area contributed by atoms with Crippen LogP contribution >= 0.6 is 0 Å². The van der Waals surface area contributed by atoms with Crippen LogP contribution in [0.5, 0.6) is 5.75 Å². The number of rotatable bonds is 8. The predicted octanol–water partition coefficient (Wildman–Crippen LogP) is 6.72. The van der Waals surface area contributed by atoms with E-state index >= 15 is 0 Å². The highest BCUT2D eigenvalue weighted by Gasteiger charge is 2.27. The molecule has 4 aromatic carbocycles. The largest absolute Gasteiger partial charge is 0.496 e. The lowest BCUT2D eigenvalue weighted by atomic mass is 9.99. The summed E-state index contributed by atoms with van der Waals surface area (Å²) in [7, 11) is 3.76. The van der Waals surface area contributed by atoms with Gasteiger partial charge in [-0.05, 0) is 91.0 Å². The highest BCUT2D eigenvalue weighted by Crippen LogP contribution is 2.33. The lowest BCUT2D eigenvalue weighted by molar-refractivity contribution is 0.0942. The number of piperazine rings is 1. The maximum atomic E-state index is 14.5. The molecule has 3 heterocycles. The van der Waals surface area contributed by atoms with Gasteiger partial charge in [0.25, 0.3) is 5.91 Å². The van der Waals surface area contributed by atoms with Gasteiger partial charge in [0.15, 0.2) is 0 Å². The van der Waals surface area contributed by atoms with Crippen LogP contribution in [0.3, 0.4) is 0 Å². The normalized spacial score (nSPS) is 17.1. The van der Waals surface area contributed by atoms with Crippen LogP contribution in [0.15, 0.2) is 97.1 Å². The van der Waals surface area contributed by atoms with E-state index in [1.165, 1.54) is 43.8 Å². The standard InChI is InChI=1S/C39H42FN5O2/c1-43-20-22-45(23-21-43)33-16-18-44(19-17-33)32-13-10-27(11-14-32)28-7-5-8-30(24-28)39(46)42-38(34-26-31(40)12-15-37(34)47-2)36-25-29-6-3-4-9-35(29)41-36/h3-15,24-26,33,38,41H,16-23H2,1-2H3,(H,42,46). The summed E-state index contributed by atoms with van der Waals surface area (Å²) in [6.45, 7) is 6.82. The van der Waals surface area contributed by atoms with Crippen LogP contribution in [0.4, 0.5) is 10.1 Å². The van der Waals surface area contributed by atoms with Crippen LogP contribution in [0, 0.1) is 5.82 Å². The summed E-state index contributed by atoms with van der Waals surface area (Å²) < 4.78 is 20.1. The number of fused-ring (bicyclic) bond motifs is 1. The van der Waals surface area contributed by atoms with Crippen molar-refractivity contribution in [2.75, 3.05) is 58.3 Å². The second-order valence-electron chi connectivity index (χ2n) is 12.8. The predicted molar refractivity (Wildman–Crippen MR) is 187 cm³/mol.